The van der Waals surface area contributed by atoms with Crippen molar-refractivity contribution in [1.82, 2.24) is 10.6 Å². The van der Waals surface area contributed by atoms with Crippen molar-refractivity contribution >= 4 is 11.8 Å². The molecule has 0 aromatic heterocycles. The molecule has 0 heterocycles. The summed E-state index contributed by atoms with van der Waals surface area (Å²) < 4.78 is 0. The van der Waals surface area contributed by atoms with E-state index in [1.807, 2.05) is 19.9 Å². The van der Waals surface area contributed by atoms with Crippen molar-refractivity contribution in [3.8, 4) is 12.3 Å². The van der Waals surface area contributed by atoms with Gasteiger partial charge in [-0.05, 0) is 37.1 Å². The molecule has 4 nitrogen and oxygen atoms in total. The Morgan fingerprint density at radius 1 is 1.22 bits per heavy atom. The van der Waals surface area contributed by atoms with Crippen LogP contribution in [0.2, 0.25) is 0 Å². The maximum atomic E-state index is 11.8. The van der Waals surface area contributed by atoms with Crippen LogP contribution < -0.4 is 10.6 Å². The fourth-order valence-electron chi connectivity index (χ4n) is 1.36. The van der Waals surface area contributed by atoms with Gasteiger partial charge < -0.3 is 10.6 Å². The number of terminal acetylenes is 1. The second kappa shape index (κ2) is 6.45. The fourth-order valence-corrected chi connectivity index (χ4v) is 1.36. The summed E-state index contributed by atoms with van der Waals surface area (Å²) in [5, 5.41) is 5.00. The molecule has 2 amide bonds. The van der Waals surface area contributed by atoms with Crippen molar-refractivity contribution in [3.63, 3.8) is 0 Å². The Labute approximate surface area is 107 Å². The monoisotopic (exact) mass is 244 g/mol. The predicted molar refractivity (Wildman–Crippen MR) is 70.1 cm³/mol. The van der Waals surface area contributed by atoms with E-state index in [4.69, 9.17) is 6.42 Å². The summed E-state index contributed by atoms with van der Waals surface area (Å²) in [6.45, 7) is 4.00. The summed E-state index contributed by atoms with van der Waals surface area (Å²) in [4.78, 5) is 23.0. The van der Waals surface area contributed by atoms with Gasteiger partial charge in [-0.2, -0.15) is 0 Å². The molecule has 0 saturated carbocycles. The average Bonchev–Trinajstić information content (AvgIpc) is 2.36. The van der Waals surface area contributed by atoms with Crippen LogP contribution in [-0.2, 0) is 4.79 Å². The van der Waals surface area contributed by atoms with Crippen LogP contribution in [0.4, 0.5) is 0 Å². The zero-order valence-electron chi connectivity index (χ0n) is 10.5. The van der Waals surface area contributed by atoms with Gasteiger partial charge in [0.2, 0.25) is 5.91 Å². The molecule has 94 valence electrons. The maximum Gasteiger partial charge on any atom is 0.251 e. The highest BCUT2D eigenvalue weighted by atomic mass is 16.2. The number of carbonyl (C=O) groups is 2. The molecule has 0 atom stereocenters. The third kappa shape index (κ3) is 3.95. The van der Waals surface area contributed by atoms with E-state index in [1.165, 1.54) is 0 Å². The molecule has 0 bridgehead atoms. The molecule has 1 rings (SSSR count). The molecule has 0 aliphatic carbocycles. The molecule has 1 aromatic rings. The quantitative estimate of drug-likeness (QED) is 0.769. The van der Waals surface area contributed by atoms with Gasteiger partial charge in [0.05, 0.1) is 13.1 Å². The van der Waals surface area contributed by atoms with Gasteiger partial charge in [0.25, 0.3) is 5.91 Å². The Morgan fingerprint density at radius 3 is 2.56 bits per heavy atom. The van der Waals surface area contributed by atoms with Gasteiger partial charge in [0.15, 0.2) is 0 Å². The Morgan fingerprint density at radius 2 is 1.94 bits per heavy atom. The maximum absolute atomic E-state index is 11.8. The van der Waals surface area contributed by atoms with Gasteiger partial charge in [-0.15, -0.1) is 6.42 Å². The van der Waals surface area contributed by atoms with E-state index in [0.29, 0.717) is 5.56 Å². The van der Waals surface area contributed by atoms with E-state index in [-0.39, 0.29) is 24.9 Å². The number of hydrogen-bond acceptors (Lipinski definition) is 2. The van der Waals surface area contributed by atoms with Crippen molar-refractivity contribution in [3.05, 3.63) is 34.9 Å². The first-order chi connectivity index (χ1) is 8.54. The first-order valence-corrected chi connectivity index (χ1v) is 5.60. The zero-order chi connectivity index (χ0) is 13.5. The van der Waals surface area contributed by atoms with Gasteiger partial charge in [0.1, 0.15) is 0 Å². The SMILES string of the molecule is C#CCNC(=O)CNC(=O)c1ccc(C)c(C)c1. The van der Waals surface area contributed by atoms with Crippen molar-refractivity contribution < 1.29 is 9.59 Å². The molecule has 2 N–H and O–H groups in total. The number of rotatable bonds is 4. The van der Waals surface area contributed by atoms with E-state index >= 15 is 0 Å². The molecule has 0 radical (unpaired) electrons. The van der Waals surface area contributed by atoms with E-state index in [9.17, 15) is 9.59 Å². The lowest BCUT2D eigenvalue weighted by Gasteiger charge is -2.07. The Bertz CT molecular complexity index is 501. The summed E-state index contributed by atoms with van der Waals surface area (Å²) in [5.41, 5.74) is 2.71. The molecule has 0 spiro atoms. The molecule has 18 heavy (non-hydrogen) atoms. The average molecular weight is 244 g/mol. The highest BCUT2D eigenvalue weighted by Crippen LogP contribution is 2.09. The first kappa shape index (κ1) is 13.8. The van der Waals surface area contributed by atoms with E-state index < -0.39 is 0 Å². The van der Waals surface area contributed by atoms with Crippen LogP contribution in [0.5, 0.6) is 0 Å². The highest BCUT2D eigenvalue weighted by molar-refractivity contribution is 5.96. The van der Waals surface area contributed by atoms with Crippen molar-refractivity contribution in [2.45, 2.75) is 13.8 Å². The molecule has 0 unspecified atom stereocenters. The van der Waals surface area contributed by atoms with Crippen molar-refractivity contribution in [1.29, 1.82) is 0 Å². The lowest BCUT2D eigenvalue weighted by Crippen LogP contribution is -2.37. The molecular weight excluding hydrogens is 228 g/mol. The molecule has 0 aliphatic rings. The fraction of sp³-hybridized carbons (Fsp3) is 0.286. The van der Waals surface area contributed by atoms with Crippen LogP contribution in [0, 0.1) is 26.2 Å². The molecule has 4 heteroatoms. The van der Waals surface area contributed by atoms with Crippen LogP contribution >= 0.6 is 0 Å². The lowest BCUT2D eigenvalue weighted by atomic mass is 10.1. The third-order valence-corrected chi connectivity index (χ3v) is 2.57. The van der Waals surface area contributed by atoms with Crippen molar-refractivity contribution in [2.24, 2.45) is 0 Å². The van der Waals surface area contributed by atoms with Gasteiger partial charge in [-0.3, -0.25) is 9.59 Å². The van der Waals surface area contributed by atoms with E-state index in [0.717, 1.165) is 11.1 Å². The second-order valence-corrected chi connectivity index (χ2v) is 3.96. The van der Waals surface area contributed by atoms with Crippen LogP contribution in [0.15, 0.2) is 18.2 Å². The van der Waals surface area contributed by atoms with Crippen LogP contribution in [0.3, 0.4) is 0 Å². The van der Waals surface area contributed by atoms with Gasteiger partial charge in [-0.25, -0.2) is 0 Å². The standard InChI is InChI=1S/C14H16N2O2/c1-4-7-15-13(17)9-16-14(18)12-6-5-10(2)11(3)8-12/h1,5-6,8H,7,9H2,2-3H3,(H,15,17)(H,16,18). The van der Waals surface area contributed by atoms with Crippen LogP contribution in [-0.4, -0.2) is 24.9 Å². The minimum Gasteiger partial charge on any atom is -0.344 e. The Hall–Kier alpha value is -2.28. The third-order valence-electron chi connectivity index (χ3n) is 2.57. The van der Waals surface area contributed by atoms with Gasteiger partial charge >= 0.3 is 0 Å². The predicted octanol–water partition coefficient (Wildman–Crippen LogP) is 0.783. The molecular formula is C14H16N2O2. The van der Waals surface area contributed by atoms with E-state index in [1.54, 1.807) is 12.1 Å². The van der Waals surface area contributed by atoms with Crippen LogP contribution in [0.25, 0.3) is 0 Å². The lowest BCUT2D eigenvalue weighted by molar-refractivity contribution is -0.119. The highest BCUT2D eigenvalue weighted by Gasteiger charge is 2.08. The molecule has 0 fully saturated rings. The number of hydrogen-bond donors (Lipinski definition) is 2. The molecule has 0 saturated heterocycles. The normalized spacial score (nSPS) is 9.39. The Balaban J connectivity index is 2.53. The van der Waals surface area contributed by atoms with Crippen molar-refractivity contribution in [2.75, 3.05) is 13.1 Å². The number of nitrogens with one attached hydrogen (secondary N) is 2. The van der Waals surface area contributed by atoms with Gasteiger partial charge in [-0.1, -0.05) is 12.0 Å². The molecule has 0 aliphatic heterocycles. The summed E-state index contributed by atoms with van der Waals surface area (Å²) >= 11 is 0. The summed E-state index contributed by atoms with van der Waals surface area (Å²) in [5.74, 6) is 1.72. The smallest absolute Gasteiger partial charge is 0.251 e. The van der Waals surface area contributed by atoms with E-state index in [2.05, 4.69) is 16.6 Å². The zero-order valence-corrected chi connectivity index (χ0v) is 10.5. The first-order valence-electron chi connectivity index (χ1n) is 5.60. The number of carbonyl (C=O) groups excluding carboxylic acids is 2. The summed E-state index contributed by atoms with van der Waals surface area (Å²) in [7, 11) is 0. The number of aryl methyl sites for hydroxylation is 2. The largest absolute Gasteiger partial charge is 0.344 e. The number of amides is 2. The summed E-state index contributed by atoms with van der Waals surface area (Å²) in [6, 6.07) is 5.41. The molecule has 1 aromatic carbocycles. The topological polar surface area (TPSA) is 58.2 Å². The Kier molecular flexibility index (Phi) is 4.94. The van der Waals surface area contributed by atoms with Crippen LogP contribution in [0.1, 0.15) is 21.5 Å². The van der Waals surface area contributed by atoms with Gasteiger partial charge in [0, 0.05) is 5.56 Å². The summed E-state index contributed by atoms with van der Waals surface area (Å²) in [6.07, 6.45) is 5.00. The second-order valence-electron chi connectivity index (χ2n) is 3.96. The number of benzene rings is 1. The minimum absolute atomic E-state index is 0.0760. The minimum atomic E-state index is -0.301.